The van der Waals surface area contributed by atoms with Crippen molar-refractivity contribution in [3.05, 3.63) is 29.8 Å². The van der Waals surface area contributed by atoms with Gasteiger partial charge in [-0.2, -0.15) is 4.39 Å². The van der Waals surface area contributed by atoms with Gasteiger partial charge in [-0.1, -0.05) is 0 Å². The molecule has 0 spiro atoms. The summed E-state index contributed by atoms with van der Waals surface area (Å²) in [6, 6.07) is 2.44. The molecule has 14 heavy (non-hydrogen) atoms. The van der Waals surface area contributed by atoms with E-state index in [-0.39, 0.29) is 12.1 Å². The van der Waals surface area contributed by atoms with E-state index in [1.165, 1.54) is 12.3 Å². The Morgan fingerprint density at radius 2 is 2.50 bits per heavy atom. The number of pyridine rings is 1. The van der Waals surface area contributed by atoms with E-state index < -0.39 is 18.0 Å². The van der Waals surface area contributed by atoms with Gasteiger partial charge in [-0.15, -0.1) is 0 Å². The molecule has 0 bridgehead atoms. The Hall–Kier alpha value is -1.49. The summed E-state index contributed by atoms with van der Waals surface area (Å²) in [6.45, 7) is 1.69. The maximum absolute atomic E-state index is 12.6. The van der Waals surface area contributed by atoms with Crippen molar-refractivity contribution in [3.8, 4) is 0 Å². The summed E-state index contributed by atoms with van der Waals surface area (Å²) < 4.78 is 12.6. The zero-order valence-corrected chi connectivity index (χ0v) is 7.70. The van der Waals surface area contributed by atoms with Gasteiger partial charge in [0, 0.05) is 24.4 Å². The van der Waals surface area contributed by atoms with Crippen molar-refractivity contribution >= 4 is 5.91 Å². The molecule has 76 valence electrons. The van der Waals surface area contributed by atoms with Gasteiger partial charge in [0.1, 0.15) is 0 Å². The lowest BCUT2D eigenvalue weighted by molar-refractivity contribution is 0.0923. The maximum Gasteiger partial charge on any atom is 0.251 e. The Balaban J connectivity index is 2.61. The summed E-state index contributed by atoms with van der Waals surface area (Å²) in [5, 5.41) is 11.3. The van der Waals surface area contributed by atoms with E-state index >= 15 is 0 Å². The molecule has 1 heterocycles. The third-order valence-electron chi connectivity index (χ3n) is 1.55. The van der Waals surface area contributed by atoms with Gasteiger partial charge in [0.05, 0.1) is 6.10 Å². The molecule has 1 amide bonds. The van der Waals surface area contributed by atoms with E-state index in [9.17, 15) is 9.18 Å². The second kappa shape index (κ2) is 4.66. The van der Waals surface area contributed by atoms with Crippen molar-refractivity contribution in [1.82, 2.24) is 10.3 Å². The van der Waals surface area contributed by atoms with E-state index in [1.807, 2.05) is 0 Å². The fraction of sp³-hybridized carbons (Fsp3) is 0.333. The third kappa shape index (κ3) is 3.10. The number of amides is 1. The molecule has 0 aliphatic carbocycles. The van der Waals surface area contributed by atoms with Crippen LogP contribution in [0, 0.1) is 5.95 Å². The first-order chi connectivity index (χ1) is 6.59. The second-order valence-corrected chi connectivity index (χ2v) is 2.93. The summed E-state index contributed by atoms with van der Waals surface area (Å²) in [5.74, 6) is -1.12. The number of nitrogens with one attached hydrogen (secondary N) is 1. The molecule has 4 nitrogen and oxygen atoms in total. The van der Waals surface area contributed by atoms with E-state index in [2.05, 4.69) is 10.3 Å². The maximum atomic E-state index is 12.6. The molecule has 2 N–H and O–H groups in total. The molecular formula is C9H11FN2O2. The number of aromatic nitrogens is 1. The molecule has 0 fully saturated rings. The van der Waals surface area contributed by atoms with Crippen molar-refractivity contribution in [2.24, 2.45) is 0 Å². The molecule has 1 aromatic rings. The first-order valence-electron chi connectivity index (χ1n) is 4.17. The van der Waals surface area contributed by atoms with Gasteiger partial charge in [0.15, 0.2) is 0 Å². The number of aliphatic hydroxyl groups excluding tert-OH is 1. The summed E-state index contributed by atoms with van der Waals surface area (Å²) in [5.41, 5.74) is 0.193. The first kappa shape index (κ1) is 10.6. The fourth-order valence-corrected chi connectivity index (χ4v) is 0.886. The minimum atomic E-state index is -0.699. The topological polar surface area (TPSA) is 62.2 Å². The van der Waals surface area contributed by atoms with Gasteiger partial charge in [-0.25, -0.2) is 4.98 Å². The number of halogens is 1. The average molecular weight is 198 g/mol. The van der Waals surface area contributed by atoms with Crippen LogP contribution in [-0.2, 0) is 0 Å². The largest absolute Gasteiger partial charge is 0.392 e. The molecule has 0 saturated heterocycles. The highest BCUT2D eigenvalue weighted by atomic mass is 19.1. The van der Waals surface area contributed by atoms with E-state index in [4.69, 9.17) is 5.11 Å². The second-order valence-electron chi connectivity index (χ2n) is 2.93. The molecule has 0 aromatic carbocycles. The van der Waals surface area contributed by atoms with Crippen LogP contribution in [0.2, 0.25) is 0 Å². The van der Waals surface area contributed by atoms with Crippen LogP contribution in [0.25, 0.3) is 0 Å². The summed E-state index contributed by atoms with van der Waals surface area (Å²) in [7, 11) is 0. The average Bonchev–Trinajstić information content (AvgIpc) is 2.14. The molecule has 1 rings (SSSR count). The summed E-state index contributed by atoms with van der Waals surface area (Å²) in [4.78, 5) is 14.6. The predicted molar refractivity (Wildman–Crippen MR) is 48.2 cm³/mol. The predicted octanol–water partition coefficient (Wildman–Crippen LogP) is 0.331. The van der Waals surface area contributed by atoms with Crippen LogP contribution in [0.1, 0.15) is 17.3 Å². The van der Waals surface area contributed by atoms with Crippen LogP contribution in [0.3, 0.4) is 0 Å². The van der Waals surface area contributed by atoms with Gasteiger partial charge >= 0.3 is 0 Å². The number of hydrogen-bond donors (Lipinski definition) is 2. The minimum absolute atomic E-state index is 0.142. The van der Waals surface area contributed by atoms with Gasteiger partial charge in [0.25, 0.3) is 5.91 Å². The molecule has 0 aliphatic rings. The lowest BCUT2D eigenvalue weighted by Gasteiger charge is -2.06. The standard InChI is InChI=1S/C9H11FN2O2/c1-6(13)5-12-9(14)7-2-3-11-8(10)4-7/h2-4,6,13H,5H2,1H3,(H,12,14). The molecule has 1 unspecified atom stereocenters. The third-order valence-corrected chi connectivity index (χ3v) is 1.55. The summed E-state index contributed by atoms with van der Waals surface area (Å²) >= 11 is 0. The van der Waals surface area contributed by atoms with Crippen molar-refractivity contribution in [1.29, 1.82) is 0 Å². The van der Waals surface area contributed by atoms with Gasteiger partial charge in [-0.05, 0) is 13.0 Å². The number of nitrogens with zero attached hydrogens (tertiary/aromatic N) is 1. The smallest absolute Gasteiger partial charge is 0.251 e. The lowest BCUT2D eigenvalue weighted by Crippen LogP contribution is -2.30. The number of carbonyl (C=O) groups excluding carboxylic acids is 1. The number of rotatable bonds is 3. The van der Waals surface area contributed by atoms with Crippen molar-refractivity contribution in [3.63, 3.8) is 0 Å². The highest BCUT2D eigenvalue weighted by Crippen LogP contribution is 1.99. The van der Waals surface area contributed by atoms with E-state index in [0.29, 0.717) is 0 Å². The van der Waals surface area contributed by atoms with Crippen LogP contribution in [-0.4, -0.2) is 28.6 Å². The van der Waals surface area contributed by atoms with Crippen molar-refractivity contribution in [2.45, 2.75) is 13.0 Å². The number of hydrogen-bond acceptors (Lipinski definition) is 3. The fourth-order valence-electron chi connectivity index (χ4n) is 0.886. The molecular weight excluding hydrogens is 187 g/mol. The first-order valence-corrected chi connectivity index (χ1v) is 4.17. The lowest BCUT2D eigenvalue weighted by atomic mass is 10.2. The Kier molecular flexibility index (Phi) is 3.53. The van der Waals surface area contributed by atoms with Crippen LogP contribution < -0.4 is 5.32 Å². The van der Waals surface area contributed by atoms with Crippen LogP contribution in [0.4, 0.5) is 4.39 Å². The number of carbonyl (C=O) groups is 1. The highest BCUT2D eigenvalue weighted by Gasteiger charge is 2.06. The SMILES string of the molecule is CC(O)CNC(=O)c1ccnc(F)c1. The molecule has 1 aromatic heterocycles. The minimum Gasteiger partial charge on any atom is -0.392 e. The Labute approximate surface area is 80.8 Å². The highest BCUT2D eigenvalue weighted by molar-refractivity contribution is 5.93. The molecule has 0 aliphatic heterocycles. The van der Waals surface area contributed by atoms with E-state index in [0.717, 1.165) is 6.07 Å². The van der Waals surface area contributed by atoms with Crippen LogP contribution >= 0.6 is 0 Å². The van der Waals surface area contributed by atoms with Crippen molar-refractivity contribution < 1.29 is 14.3 Å². The number of aliphatic hydroxyl groups is 1. The van der Waals surface area contributed by atoms with Crippen LogP contribution in [0.5, 0.6) is 0 Å². The zero-order valence-electron chi connectivity index (χ0n) is 7.70. The quantitative estimate of drug-likeness (QED) is 0.688. The van der Waals surface area contributed by atoms with Crippen LogP contribution in [0.15, 0.2) is 18.3 Å². The summed E-state index contributed by atoms with van der Waals surface area (Å²) in [6.07, 6.45) is 0.595. The molecule has 0 saturated carbocycles. The monoisotopic (exact) mass is 198 g/mol. The van der Waals surface area contributed by atoms with E-state index in [1.54, 1.807) is 6.92 Å². The van der Waals surface area contributed by atoms with Crippen molar-refractivity contribution in [2.75, 3.05) is 6.54 Å². The molecule has 0 radical (unpaired) electrons. The normalized spacial score (nSPS) is 12.2. The molecule has 5 heteroatoms. The molecule has 1 atom stereocenters. The Morgan fingerprint density at radius 3 is 3.07 bits per heavy atom. The Bertz CT molecular complexity index is 328. The van der Waals surface area contributed by atoms with Gasteiger partial charge < -0.3 is 10.4 Å². The van der Waals surface area contributed by atoms with Gasteiger partial charge in [-0.3, -0.25) is 4.79 Å². The van der Waals surface area contributed by atoms with Gasteiger partial charge in [0.2, 0.25) is 5.95 Å². The Morgan fingerprint density at radius 1 is 1.79 bits per heavy atom. The zero-order chi connectivity index (χ0) is 10.6.